The van der Waals surface area contributed by atoms with Gasteiger partial charge in [-0.3, -0.25) is 0 Å². The smallest absolute Gasteiger partial charge is 0.00967 e. The van der Waals surface area contributed by atoms with E-state index >= 15 is 0 Å². The molecule has 2 rings (SSSR count). The monoisotopic (exact) mass is 238 g/mol. The molecule has 0 radical (unpaired) electrons. The molecule has 0 aliphatic carbocycles. The summed E-state index contributed by atoms with van der Waals surface area (Å²) in [5, 5.41) is 3.68. The van der Waals surface area contributed by atoms with Gasteiger partial charge in [-0.1, -0.05) is 13.8 Å². The van der Waals surface area contributed by atoms with Crippen LogP contribution in [0.5, 0.6) is 0 Å². The van der Waals surface area contributed by atoms with Gasteiger partial charge in [-0.2, -0.15) is 0 Å². The van der Waals surface area contributed by atoms with Crippen molar-refractivity contribution in [2.75, 3.05) is 26.2 Å². The van der Waals surface area contributed by atoms with E-state index in [9.17, 15) is 0 Å². The second-order valence-corrected chi connectivity index (χ2v) is 6.42. The number of hydrogen-bond donors (Lipinski definition) is 1. The zero-order chi connectivity index (χ0) is 12.1. The molecule has 1 unspecified atom stereocenters. The SMILES string of the molecule is CC(C)CCCN1CCC(C2CCCN2)CC1. The Hall–Kier alpha value is -0.0800. The van der Waals surface area contributed by atoms with Crippen LogP contribution in [0.1, 0.15) is 52.4 Å². The summed E-state index contributed by atoms with van der Waals surface area (Å²) in [6.45, 7) is 9.96. The number of likely N-dealkylation sites (tertiary alicyclic amines) is 1. The second-order valence-electron chi connectivity index (χ2n) is 6.42. The lowest BCUT2D eigenvalue weighted by molar-refractivity contribution is 0.160. The van der Waals surface area contributed by atoms with Gasteiger partial charge in [-0.05, 0) is 76.5 Å². The molecule has 2 aliphatic heterocycles. The van der Waals surface area contributed by atoms with E-state index in [1.807, 2.05) is 0 Å². The Morgan fingerprint density at radius 2 is 1.94 bits per heavy atom. The summed E-state index contributed by atoms with van der Waals surface area (Å²) in [5.41, 5.74) is 0. The van der Waals surface area contributed by atoms with Gasteiger partial charge in [0.2, 0.25) is 0 Å². The van der Waals surface area contributed by atoms with Crippen LogP contribution < -0.4 is 5.32 Å². The molecule has 2 heterocycles. The lowest BCUT2D eigenvalue weighted by Gasteiger charge is -2.35. The number of nitrogens with zero attached hydrogens (tertiary/aromatic N) is 1. The summed E-state index contributed by atoms with van der Waals surface area (Å²) in [4.78, 5) is 2.69. The topological polar surface area (TPSA) is 15.3 Å². The molecule has 2 aliphatic rings. The highest BCUT2D eigenvalue weighted by molar-refractivity contribution is 4.85. The van der Waals surface area contributed by atoms with Crippen molar-refractivity contribution in [1.29, 1.82) is 0 Å². The number of rotatable bonds is 5. The maximum absolute atomic E-state index is 3.68. The Labute approximate surface area is 107 Å². The van der Waals surface area contributed by atoms with Gasteiger partial charge in [0.05, 0.1) is 0 Å². The van der Waals surface area contributed by atoms with Gasteiger partial charge in [0.25, 0.3) is 0 Å². The van der Waals surface area contributed by atoms with Crippen LogP contribution in [0, 0.1) is 11.8 Å². The molecular weight excluding hydrogens is 208 g/mol. The predicted molar refractivity (Wildman–Crippen MR) is 74.3 cm³/mol. The summed E-state index contributed by atoms with van der Waals surface area (Å²) < 4.78 is 0. The molecule has 2 saturated heterocycles. The fourth-order valence-corrected chi connectivity index (χ4v) is 3.42. The van der Waals surface area contributed by atoms with E-state index in [-0.39, 0.29) is 0 Å². The molecule has 0 bridgehead atoms. The van der Waals surface area contributed by atoms with E-state index in [1.165, 1.54) is 64.7 Å². The number of nitrogens with one attached hydrogen (secondary N) is 1. The molecule has 0 saturated carbocycles. The van der Waals surface area contributed by atoms with Crippen LogP contribution in [0.15, 0.2) is 0 Å². The Morgan fingerprint density at radius 3 is 2.53 bits per heavy atom. The van der Waals surface area contributed by atoms with Crippen LogP contribution >= 0.6 is 0 Å². The van der Waals surface area contributed by atoms with Crippen molar-refractivity contribution in [3.63, 3.8) is 0 Å². The number of hydrogen-bond acceptors (Lipinski definition) is 2. The summed E-state index contributed by atoms with van der Waals surface area (Å²) in [5.74, 6) is 1.84. The largest absolute Gasteiger partial charge is 0.314 e. The third-order valence-electron chi connectivity index (χ3n) is 4.56. The highest BCUT2D eigenvalue weighted by Crippen LogP contribution is 2.25. The average Bonchev–Trinajstić information content (AvgIpc) is 2.83. The summed E-state index contributed by atoms with van der Waals surface area (Å²) in [6.07, 6.45) is 8.48. The zero-order valence-corrected chi connectivity index (χ0v) is 11.8. The van der Waals surface area contributed by atoms with E-state index in [2.05, 4.69) is 24.1 Å². The quantitative estimate of drug-likeness (QED) is 0.792. The molecular formula is C15H30N2. The van der Waals surface area contributed by atoms with Gasteiger partial charge in [0.1, 0.15) is 0 Å². The van der Waals surface area contributed by atoms with Gasteiger partial charge >= 0.3 is 0 Å². The minimum Gasteiger partial charge on any atom is -0.314 e. The number of piperidine rings is 1. The minimum absolute atomic E-state index is 0.854. The normalized spacial score (nSPS) is 28.1. The van der Waals surface area contributed by atoms with Crippen LogP contribution in [0.2, 0.25) is 0 Å². The molecule has 1 N–H and O–H groups in total. The molecule has 0 aromatic rings. The summed E-state index contributed by atoms with van der Waals surface area (Å²) >= 11 is 0. The van der Waals surface area contributed by atoms with Gasteiger partial charge in [0.15, 0.2) is 0 Å². The van der Waals surface area contributed by atoms with Gasteiger partial charge < -0.3 is 10.2 Å². The molecule has 0 aromatic heterocycles. The van der Waals surface area contributed by atoms with Crippen molar-refractivity contribution in [3.05, 3.63) is 0 Å². The molecule has 0 spiro atoms. The Morgan fingerprint density at radius 1 is 1.18 bits per heavy atom. The first-order valence-electron chi connectivity index (χ1n) is 7.71. The molecule has 100 valence electrons. The van der Waals surface area contributed by atoms with Crippen LogP contribution in [-0.4, -0.2) is 37.1 Å². The van der Waals surface area contributed by atoms with Crippen molar-refractivity contribution >= 4 is 0 Å². The van der Waals surface area contributed by atoms with Crippen molar-refractivity contribution in [2.24, 2.45) is 11.8 Å². The van der Waals surface area contributed by atoms with Crippen LogP contribution in [-0.2, 0) is 0 Å². The highest BCUT2D eigenvalue weighted by Gasteiger charge is 2.27. The van der Waals surface area contributed by atoms with Crippen LogP contribution in [0.25, 0.3) is 0 Å². The third kappa shape index (κ3) is 4.26. The van der Waals surface area contributed by atoms with Gasteiger partial charge in [-0.15, -0.1) is 0 Å². The fraction of sp³-hybridized carbons (Fsp3) is 1.00. The van der Waals surface area contributed by atoms with E-state index in [0.29, 0.717) is 0 Å². The van der Waals surface area contributed by atoms with E-state index in [4.69, 9.17) is 0 Å². The average molecular weight is 238 g/mol. The fourth-order valence-electron chi connectivity index (χ4n) is 3.42. The molecule has 0 aromatic carbocycles. The maximum Gasteiger partial charge on any atom is 0.00967 e. The van der Waals surface area contributed by atoms with Gasteiger partial charge in [0, 0.05) is 6.04 Å². The standard InChI is InChI=1S/C15H30N2/c1-13(2)5-4-10-17-11-7-14(8-12-17)15-6-3-9-16-15/h13-16H,3-12H2,1-2H3. The lowest BCUT2D eigenvalue weighted by atomic mass is 9.88. The van der Waals surface area contributed by atoms with Crippen LogP contribution in [0.3, 0.4) is 0 Å². The Kier molecular flexibility index (Phi) is 5.30. The van der Waals surface area contributed by atoms with Crippen molar-refractivity contribution in [1.82, 2.24) is 10.2 Å². The summed E-state index contributed by atoms with van der Waals surface area (Å²) in [6, 6.07) is 0.854. The zero-order valence-electron chi connectivity index (χ0n) is 11.8. The summed E-state index contributed by atoms with van der Waals surface area (Å²) in [7, 11) is 0. The highest BCUT2D eigenvalue weighted by atomic mass is 15.1. The van der Waals surface area contributed by atoms with Crippen molar-refractivity contribution < 1.29 is 0 Å². The Bertz CT molecular complexity index is 201. The van der Waals surface area contributed by atoms with E-state index in [0.717, 1.165) is 17.9 Å². The molecule has 17 heavy (non-hydrogen) atoms. The molecule has 2 nitrogen and oxygen atoms in total. The van der Waals surface area contributed by atoms with Crippen molar-refractivity contribution in [3.8, 4) is 0 Å². The molecule has 0 amide bonds. The van der Waals surface area contributed by atoms with E-state index in [1.54, 1.807) is 0 Å². The minimum atomic E-state index is 0.854. The molecule has 2 fully saturated rings. The first-order valence-corrected chi connectivity index (χ1v) is 7.71. The molecule has 2 heteroatoms. The van der Waals surface area contributed by atoms with E-state index < -0.39 is 0 Å². The van der Waals surface area contributed by atoms with Gasteiger partial charge in [-0.25, -0.2) is 0 Å². The Balaban J connectivity index is 1.60. The lowest BCUT2D eigenvalue weighted by Crippen LogP contribution is -2.41. The second kappa shape index (κ2) is 6.75. The first-order chi connectivity index (χ1) is 8.25. The molecule has 1 atom stereocenters. The predicted octanol–water partition coefficient (Wildman–Crippen LogP) is 2.89. The van der Waals surface area contributed by atoms with Crippen LogP contribution in [0.4, 0.5) is 0 Å². The van der Waals surface area contributed by atoms with Crippen molar-refractivity contribution in [2.45, 2.75) is 58.4 Å². The maximum atomic E-state index is 3.68. The third-order valence-corrected chi connectivity index (χ3v) is 4.56. The first kappa shape index (κ1) is 13.4.